The maximum atomic E-state index is 13.6. The van der Waals surface area contributed by atoms with Crippen molar-refractivity contribution < 1.29 is 23.5 Å². The standard InChI is InChI=1S/C20H17FN2O5/c1-27-19(25)12-28-17-8-4-5-14-13(17)9-10-23(20(14)26)11-18(24)22-16-7-3-2-6-15(16)21/h2-10H,11-12H2,1H3,(H,22,24). The van der Waals surface area contributed by atoms with E-state index in [2.05, 4.69) is 10.1 Å². The molecule has 1 N–H and O–H groups in total. The van der Waals surface area contributed by atoms with Crippen molar-refractivity contribution in [2.45, 2.75) is 6.54 Å². The Morgan fingerprint density at radius 2 is 1.86 bits per heavy atom. The number of amides is 1. The van der Waals surface area contributed by atoms with Gasteiger partial charge in [0.05, 0.1) is 18.2 Å². The monoisotopic (exact) mass is 384 g/mol. The van der Waals surface area contributed by atoms with Gasteiger partial charge in [-0.1, -0.05) is 18.2 Å². The lowest BCUT2D eigenvalue weighted by molar-refractivity contribution is -0.142. The van der Waals surface area contributed by atoms with Crippen molar-refractivity contribution in [2.75, 3.05) is 19.0 Å². The molecule has 0 fully saturated rings. The van der Waals surface area contributed by atoms with Gasteiger partial charge >= 0.3 is 5.97 Å². The van der Waals surface area contributed by atoms with E-state index in [1.54, 1.807) is 30.3 Å². The van der Waals surface area contributed by atoms with Gasteiger partial charge < -0.3 is 19.4 Å². The van der Waals surface area contributed by atoms with Gasteiger partial charge in [0.25, 0.3) is 5.56 Å². The Morgan fingerprint density at radius 3 is 2.61 bits per heavy atom. The van der Waals surface area contributed by atoms with E-state index in [0.717, 1.165) is 0 Å². The van der Waals surface area contributed by atoms with E-state index in [1.807, 2.05) is 0 Å². The van der Waals surface area contributed by atoms with Crippen LogP contribution in [0.4, 0.5) is 10.1 Å². The molecule has 1 amide bonds. The van der Waals surface area contributed by atoms with Crippen molar-refractivity contribution >= 4 is 28.3 Å². The minimum atomic E-state index is -0.561. The Bertz CT molecular complexity index is 1090. The largest absolute Gasteiger partial charge is 0.481 e. The Balaban J connectivity index is 1.82. The lowest BCUT2D eigenvalue weighted by Crippen LogP contribution is -2.27. The molecule has 0 atom stereocenters. The number of pyridine rings is 1. The second kappa shape index (κ2) is 8.34. The molecule has 144 valence electrons. The number of carbonyl (C=O) groups is 2. The number of esters is 1. The summed E-state index contributed by atoms with van der Waals surface area (Å²) in [7, 11) is 1.25. The number of ether oxygens (including phenoxy) is 2. The lowest BCUT2D eigenvalue weighted by Gasteiger charge is -2.11. The van der Waals surface area contributed by atoms with E-state index < -0.39 is 23.3 Å². The molecule has 3 rings (SSSR count). The highest BCUT2D eigenvalue weighted by molar-refractivity contribution is 5.91. The molecule has 0 bridgehead atoms. The molecular weight excluding hydrogens is 367 g/mol. The van der Waals surface area contributed by atoms with Crippen molar-refractivity contribution in [1.29, 1.82) is 0 Å². The molecule has 3 aromatic rings. The number of hydrogen-bond donors (Lipinski definition) is 1. The highest BCUT2D eigenvalue weighted by Crippen LogP contribution is 2.23. The number of hydrogen-bond acceptors (Lipinski definition) is 5. The number of halogens is 1. The molecule has 28 heavy (non-hydrogen) atoms. The third-order valence-corrected chi connectivity index (χ3v) is 4.01. The molecule has 0 saturated heterocycles. The van der Waals surface area contributed by atoms with E-state index in [0.29, 0.717) is 16.5 Å². The molecule has 7 nitrogen and oxygen atoms in total. The van der Waals surface area contributed by atoms with Crippen LogP contribution in [-0.2, 0) is 20.9 Å². The van der Waals surface area contributed by atoms with Gasteiger partial charge in [-0.15, -0.1) is 0 Å². The number of benzene rings is 2. The van der Waals surface area contributed by atoms with E-state index in [9.17, 15) is 18.8 Å². The number of nitrogens with zero attached hydrogens (tertiary/aromatic N) is 1. The molecule has 0 unspecified atom stereocenters. The fourth-order valence-electron chi connectivity index (χ4n) is 2.64. The Kier molecular flexibility index (Phi) is 5.69. The number of aromatic nitrogens is 1. The summed E-state index contributed by atoms with van der Waals surface area (Å²) in [5, 5.41) is 3.26. The lowest BCUT2D eigenvalue weighted by atomic mass is 10.1. The number of carbonyl (C=O) groups excluding carboxylic acids is 2. The molecule has 0 saturated carbocycles. The smallest absolute Gasteiger partial charge is 0.343 e. The maximum Gasteiger partial charge on any atom is 0.343 e. The fraction of sp³-hybridized carbons (Fsp3) is 0.150. The molecule has 1 heterocycles. The topological polar surface area (TPSA) is 86.6 Å². The van der Waals surface area contributed by atoms with E-state index >= 15 is 0 Å². The SMILES string of the molecule is COC(=O)COc1cccc2c(=O)n(CC(=O)Nc3ccccc3F)ccc12. The first-order valence-corrected chi connectivity index (χ1v) is 8.36. The summed E-state index contributed by atoms with van der Waals surface area (Å²) in [4.78, 5) is 36.1. The Labute approximate surface area is 159 Å². The number of anilines is 1. The highest BCUT2D eigenvalue weighted by Gasteiger charge is 2.12. The minimum absolute atomic E-state index is 0.0415. The predicted octanol–water partition coefficient (Wildman–Crippen LogP) is 2.33. The van der Waals surface area contributed by atoms with Gasteiger partial charge in [-0.2, -0.15) is 0 Å². The summed E-state index contributed by atoms with van der Waals surface area (Å²) in [6.07, 6.45) is 1.44. The van der Waals surface area contributed by atoms with Gasteiger partial charge in [0.1, 0.15) is 18.1 Å². The first kappa shape index (κ1) is 19.1. The highest BCUT2D eigenvalue weighted by atomic mass is 19.1. The third kappa shape index (κ3) is 4.17. The second-order valence-corrected chi connectivity index (χ2v) is 5.86. The van der Waals surface area contributed by atoms with Gasteiger partial charge in [-0.3, -0.25) is 9.59 Å². The second-order valence-electron chi connectivity index (χ2n) is 5.86. The van der Waals surface area contributed by atoms with Gasteiger partial charge in [-0.05, 0) is 30.3 Å². The molecule has 0 aliphatic heterocycles. The van der Waals surface area contributed by atoms with Crippen LogP contribution in [0.1, 0.15) is 0 Å². The van der Waals surface area contributed by atoms with E-state index in [1.165, 1.54) is 36.1 Å². The molecule has 0 spiro atoms. The van der Waals surface area contributed by atoms with Crippen LogP contribution in [0.5, 0.6) is 5.75 Å². The number of para-hydroxylation sites is 1. The number of fused-ring (bicyclic) bond motifs is 1. The molecule has 0 aliphatic rings. The Hall–Kier alpha value is -3.68. The van der Waals surface area contributed by atoms with Gasteiger partial charge in [0.15, 0.2) is 6.61 Å². The Morgan fingerprint density at radius 1 is 1.07 bits per heavy atom. The van der Waals surface area contributed by atoms with Crippen LogP contribution in [0.15, 0.2) is 59.5 Å². The summed E-state index contributed by atoms with van der Waals surface area (Å²) in [5.74, 6) is -1.29. The van der Waals surface area contributed by atoms with Crippen molar-refractivity contribution in [3.05, 3.63) is 70.9 Å². The van der Waals surface area contributed by atoms with Crippen LogP contribution in [0.25, 0.3) is 10.8 Å². The molecule has 0 aliphatic carbocycles. The van der Waals surface area contributed by atoms with Gasteiger partial charge in [-0.25, -0.2) is 9.18 Å². The average molecular weight is 384 g/mol. The number of methoxy groups -OCH3 is 1. The summed E-state index contributed by atoms with van der Waals surface area (Å²) in [5.41, 5.74) is -0.371. The minimum Gasteiger partial charge on any atom is -0.481 e. The first-order chi connectivity index (χ1) is 13.5. The normalized spacial score (nSPS) is 10.5. The molecule has 0 radical (unpaired) electrons. The zero-order chi connectivity index (χ0) is 20.1. The average Bonchev–Trinajstić information content (AvgIpc) is 2.70. The number of nitrogens with one attached hydrogen (secondary N) is 1. The summed E-state index contributed by atoms with van der Waals surface area (Å²) in [6, 6.07) is 12.2. The molecule has 2 aromatic carbocycles. The quantitative estimate of drug-likeness (QED) is 0.659. The number of rotatable bonds is 6. The molecular formula is C20H17FN2O5. The zero-order valence-electron chi connectivity index (χ0n) is 15.0. The molecule has 8 heteroatoms. The maximum absolute atomic E-state index is 13.6. The van der Waals surface area contributed by atoms with Crippen LogP contribution >= 0.6 is 0 Å². The van der Waals surface area contributed by atoms with Crippen LogP contribution in [0.3, 0.4) is 0 Å². The third-order valence-electron chi connectivity index (χ3n) is 4.01. The van der Waals surface area contributed by atoms with Crippen molar-refractivity contribution in [2.24, 2.45) is 0 Å². The van der Waals surface area contributed by atoms with Crippen LogP contribution in [-0.4, -0.2) is 30.2 Å². The van der Waals surface area contributed by atoms with E-state index in [-0.39, 0.29) is 18.8 Å². The van der Waals surface area contributed by atoms with Crippen LogP contribution in [0.2, 0.25) is 0 Å². The molecule has 1 aromatic heterocycles. The van der Waals surface area contributed by atoms with Gasteiger partial charge in [0.2, 0.25) is 5.91 Å². The predicted molar refractivity (Wildman–Crippen MR) is 101 cm³/mol. The summed E-state index contributed by atoms with van der Waals surface area (Å²) >= 11 is 0. The summed E-state index contributed by atoms with van der Waals surface area (Å²) in [6.45, 7) is -0.569. The van der Waals surface area contributed by atoms with Crippen LogP contribution in [0, 0.1) is 5.82 Å². The van der Waals surface area contributed by atoms with Crippen LogP contribution < -0.4 is 15.6 Å². The van der Waals surface area contributed by atoms with Crippen molar-refractivity contribution in [1.82, 2.24) is 4.57 Å². The fourth-order valence-corrected chi connectivity index (χ4v) is 2.64. The first-order valence-electron chi connectivity index (χ1n) is 8.36. The van der Waals surface area contributed by atoms with Gasteiger partial charge in [0, 0.05) is 11.6 Å². The van der Waals surface area contributed by atoms with E-state index in [4.69, 9.17) is 4.74 Å². The summed E-state index contributed by atoms with van der Waals surface area (Å²) < 4.78 is 24.8. The zero-order valence-corrected chi connectivity index (χ0v) is 15.0. The van der Waals surface area contributed by atoms with Crippen molar-refractivity contribution in [3.63, 3.8) is 0 Å². The van der Waals surface area contributed by atoms with Crippen molar-refractivity contribution in [3.8, 4) is 5.75 Å².